The van der Waals surface area contributed by atoms with Gasteiger partial charge in [0.15, 0.2) is 5.72 Å². The van der Waals surface area contributed by atoms with Crippen molar-refractivity contribution in [3.63, 3.8) is 0 Å². The summed E-state index contributed by atoms with van der Waals surface area (Å²) in [6.07, 6.45) is -4.35. The second-order valence-corrected chi connectivity index (χ2v) is 7.56. The van der Waals surface area contributed by atoms with Crippen LogP contribution >= 0.6 is 0 Å². The lowest BCUT2D eigenvalue weighted by Gasteiger charge is -2.51. The number of hydrogen-bond acceptors (Lipinski definition) is 4. The molecule has 4 rings (SSSR count). The van der Waals surface area contributed by atoms with E-state index < -0.39 is 29.7 Å². The number of amides is 2. The van der Waals surface area contributed by atoms with Crippen LogP contribution in [-0.2, 0) is 9.59 Å². The minimum Gasteiger partial charge on any atom is -0.468 e. The number of halogens is 3. The summed E-state index contributed by atoms with van der Waals surface area (Å²) in [7, 11) is 1.59. The van der Waals surface area contributed by atoms with E-state index in [-0.39, 0.29) is 17.5 Å². The lowest BCUT2D eigenvalue weighted by atomic mass is 9.73. The maximum absolute atomic E-state index is 13.0. The van der Waals surface area contributed by atoms with E-state index >= 15 is 0 Å². The molecule has 1 saturated heterocycles. The van der Waals surface area contributed by atoms with Gasteiger partial charge in [0.05, 0.1) is 0 Å². The average molecular weight is 420 g/mol. The standard InChI is InChI=1S/C21H19F3N2O4/c1-20-11-15(14-5-3-4-6-16(14)30-20)17(19(28)26(20)2)18(27)25-12-7-9-13(10-8-12)29-21(22,23)24/h3-10,15,17H,11H2,1-2H3,(H,25,27)/t15-,17+,20-/m0/s1. The molecule has 9 heteroatoms. The fourth-order valence-corrected chi connectivity index (χ4v) is 4.05. The fraction of sp³-hybridized carbons (Fsp3) is 0.333. The topological polar surface area (TPSA) is 67.9 Å². The lowest BCUT2D eigenvalue weighted by Crippen LogP contribution is -2.62. The van der Waals surface area contributed by atoms with Gasteiger partial charge in [-0.2, -0.15) is 0 Å². The molecule has 2 bridgehead atoms. The van der Waals surface area contributed by atoms with Crippen molar-refractivity contribution in [1.29, 1.82) is 0 Å². The van der Waals surface area contributed by atoms with E-state index in [1.54, 1.807) is 20.0 Å². The number of ether oxygens (including phenoxy) is 2. The van der Waals surface area contributed by atoms with E-state index in [1.165, 1.54) is 17.0 Å². The molecular weight excluding hydrogens is 401 g/mol. The highest BCUT2D eigenvalue weighted by Crippen LogP contribution is 2.49. The molecule has 2 amide bonds. The number of anilines is 1. The number of hydrogen-bond donors (Lipinski definition) is 1. The van der Waals surface area contributed by atoms with E-state index in [1.807, 2.05) is 18.2 Å². The Hall–Kier alpha value is -3.23. The van der Waals surface area contributed by atoms with Crippen molar-refractivity contribution < 1.29 is 32.2 Å². The van der Waals surface area contributed by atoms with E-state index in [4.69, 9.17) is 4.74 Å². The normalized spacial score (nSPS) is 25.2. The molecule has 0 radical (unpaired) electrons. The molecule has 6 nitrogen and oxygen atoms in total. The van der Waals surface area contributed by atoms with Gasteiger partial charge in [-0.05, 0) is 42.8 Å². The number of alkyl halides is 3. The molecule has 1 fully saturated rings. The molecule has 2 aromatic carbocycles. The Labute approximate surface area is 170 Å². The van der Waals surface area contributed by atoms with Gasteiger partial charge in [-0.3, -0.25) is 9.59 Å². The summed E-state index contributed by atoms with van der Waals surface area (Å²) in [5, 5.41) is 2.64. The molecule has 158 valence electrons. The SMILES string of the molecule is CN1C(=O)[C@@H](C(=O)Nc2ccc(OC(F)(F)F)cc2)[C@H]2C[C@]1(C)Oc1ccccc12. The molecule has 2 heterocycles. The summed E-state index contributed by atoms with van der Waals surface area (Å²) < 4.78 is 46.8. The largest absolute Gasteiger partial charge is 0.573 e. The van der Waals surface area contributed by atoms with E-state index in [0.29, 0.717) is 12.2 Å². The van der Waals surface area contributed by atoms with Crippen LogP contribution in [0.5, 0.6) is 11.5 Å². The molecule has 2 aliphatic rings. The van der Waals surface area contributed by atoms with Crippen LogP contribution in [0.3, 0.4) is 0 Å². The van der Waals surface area contributed by atoms with Gasteiger partial charge in [0.2, 0.25) is 11.8 Å². The Morgan fingerprint density at radius 1 is 1.20 bits per heavy atom. The molecular formula is C21H19F3N2O4. The van der Waals surface area contributed by atoms with Crippen LogP contribution in [0.25, 0.3) is 0 Å². The Morgan fingerprint density at radius 2 is 1.87 bits per heavy atom. The maximum Gasteiger partial charge on any atom is 0.573 e. The second kappa shape index (κ2) is 6.93. The average Bonchev–Trinajstić information content (AvgIpc) is 2.67. The highest BCUT2D eigenvalue weighted by Gasteiger charge is 2.54. The molecule has 0 spiro atoms. The third-order valence-electron chi connectivity index (χ3n) is 5.59. The first-order valence-corrected chi connectivity index (χ1v) is 9.30. The zero-order chi connectivity index (χ0) is 21.7. The number of carbonyl (C=O) groups excluding carboxylic acids is 2. The first kappa shape index (κ1) is 20.1. The van der Waals surface area contributed by atoms with Crippen molar-refractivity contribution in [3.05, 3.63) is 54.1 Å². The van der Waals surface area contributed by atoms with Crippen LogP contribution in [0.15, 0.2) is 48.5 Å². The van der Waals surface area contributed by atoms with E-state index in [9.17, 15) is 22.8 Å². The van der Waals surface area contributed by atoms with Crippen LogP contribution in [0, 0.1) is 5.92 Å². The van der Waals surface area contributed by atoms with Gasteiger partial charge in [-0.25, -0.2) is 0 Å². The number of nitrogens with one attached hydrogen (secondary N) is 1. The van der Waals surface area contributed by atoms with Crippen molar-refractivity contribution >= 4 is 17.5 Å². The van der Waals surface area contributed by atoms with Crippen LogP contribution in [-0.4, -0.2) is 35.8 Å². The summed E-state index contributed by atoms with van der Waals surface area (Å²) >= 11 is 0. The first-order chi connectivity index (χ1) is 14.1. The number of piperidine rings is 1. The number of rotatable bonds is 3. The molecule has 0 unspecified atom stereocenters. The number of carbonyl (C=O) groups is 2. The maximum atomic E-state index is 13.0. The summed E-state index contributed by atoms with van der Waals surface area (Å²) in [4.78, 5) is 27.5. The highest BCUT2D eigenvalue weighted by molar-refractivity contribution is 6.08. The Balaban J connectivity index is 1.59. The number of fused-ring (bicyclic) bond motifs is 4. The van der Waals surface area contributed by atoms with Gasteiger partial charge in [0.25, 0.3) is 0 Å². The van der Waals surface area contributed by atoms with Crippen molar-refractivity contribution in [2.45, 2.75) is 31.3 Å². The van der Waals surface area contributed by atoms with Crippen LogP contribution in [0.1, 0.15) is 24.8 Å². The highest BCUT2D eigenvalue weighted by atomic mass is 19.4. The molecule has 0 saturated carbocycles. The van der Waals surface area contributed by atoms with Crippen LogP contribution in [0.2, 0.25) is 0 Å². The van der Waals surface area contributed by atoms with Gasteiger partial charge in [-0.1, -0.05) is 18.2 Å². The minimum atomic E-state index is -4.80. The first-order valence-electron chi connectivity index (χ1n) is 9.30. The number of likely N-dealkylation sites (tertiary alicyclic amines) is 1. The predicted octanol–water partition coefficient (Wildman–Crippen LogP) is 3.89. The van der Waals surface area contributed by atoms with Crippen molar-refractivity contribution in [2.24, 2.45) is 5.92 Å². The number of para-hydroxylation sites is 1. The molecule has 0 aliphatic carbocycles. The summed E-state index contributed by atoms with van der Waals surface area (Å²) in [5.41, 5.74) is 0.188. The molecule has 0 aromatic heterocycles. The van der Waals surface area contributed by atoms with Gasteiger partial charge >= 0.3 is 6.36 Å². The molecule has 3 atom stereocenters. The zero-order valence-corrected chi connectivity index (χ0v) is 16.2. The minimum absolute atomic E-state index is 0.263. The summed E-state index contributed by atoms with van der Waals surface area (Å²) in [6.45, 7) is 1.81. The Morgan fingerprint density at radius 3 is 2.53 bits per heavy atom. The van der Waals surface area contributed by atoms with Crippen molar-refractivity contribution in [2.75, 3.05) is 12.4 Å². The summed E-state index contributed by atoms with van der Waals surface area (Å²) in [6, 6.07) is 12.1. The quantitative estimate of drug-likeness (QED) is 0.765. The van der Waals surface area contributed by atoms with E-state index in [2.05, 4.69) is 10.1 Å². The molecule has 30 heavy (non-hydrogen) atoms. The monoisotopic (exact) mass is 420 g/mol. The Kier molecular flexibility index (Phi) is 4.63. The van der Waals surface area contributed by atoms with Gasteiger partial charge in [-0.15, -0.1) is 13.2 Å². The third kappa shape index (κ3) is 3.55. The zero-order valence-electron chi connectivity index (χ0n) is 16.2. The van der Waals surface area contributed by atoms with E-state index in [0.717, 1.165) is 17.7 Å². The number of benzene rings is 2. The molecule has 2 aromatic rings. The fourth-order valence-electron chi connectivity index (χ4n) is 4.05. The number of nitrogens with zero attached hydrogens (tertiary/aromatic N) is 1. The predicted molar refractivity (Wildman–Crippen MR) is 101 cm³/mol. The smallest absolute Gasteiger partial charge is 0.468 e. The summed E-state index contributed by atoms with van der Waals surface area (Å²) in [5.74, 6) is -2.04. The third-order valence-corrected chi connectivity index (χ3v) is 5.59. The second-order valence-electron chi connectivity index (χ2n) is 7.56. The van der Waals surface area contributed by atoms with Gasteiger partial charge in [0.1, 0.15) is 17.4 Å². The van der Waals surface area contributed by atoms with Gasteiger partial charge in [0, 0.05) is 25.1 Å². The molecule has 1 N–H and O–H groups in total. The Bertz CT molecular complexity index is 992. The molecule has 2 aliphatic heterocycles. The van der Waals surface area contributed by atoms with Gasteiger partial charge < -0.3 is 19.7 Å². The van der Waals surface area contributed by atoms with Crippen molar-refractivity contribution in [3.8, 4) is 11.5 Å². The van der Waals surface area contributed by atoms with Crippen LogP contribution in [0.4, 0.5) is 18.9 Å². The van der Waals surface area contributed by atoms with Crippen LogP contribution < -0.4 is 14.8 Å². The lowest BCUT2D eigenvalue weighted by molar-refractivity contribution is -0.274. The van der Waals surface area contributed by atoms with Crippen molar-refractivity contribution in [1.82, 2.24) is 4.90 Å².